The fraction of sp³-hybridized carbons (Fsp3) is 0.0952. The van der Waals surface area contributed by atoms with Crippen molar-refractivity contribution in [2.75, 3.05) is 12.4 Å². The van der Waals surface area contributed by atoms with Crippen molar-refractivity contribution in [2.45, 2.75) is 6.54 Å². The van der Waals surface area contributed by atoms with E-state index in [1.807, 2.05) is 0 Å². The second kappa shape index (κ2) is 8.80. The van der Waals surface area contributed by atoms with Gasteiger partial charge in [-0.3, -0.25) is 9.59 Å². The molecule has 0 saturated heterocycles. The van der Waals surface area contributed by atoms with Crippen LogP contribution in [-0.2, 0) is 11.3 Å². The zero-order chi connectivity index (χ0) is 21.8. The number of halogens is 1. The molecule has 2 aromatic carbocycles. The molecule has 0 unspecified atom stereocenters. The lowest BCUT2D eigenvalue weighted by atomic mass is 10.2. The van der Waals surface area contributed by atoms with Crippen LogP contribution in [0.3, 0.4) is 0 Å². The number of ether oxygens (including phenoxy) is 1. The molecule has 4 rings (SSSR count). The highest BCUT2D eigenvalue weighted by molar-refractivity contribution is 6.30. The van der Waals surface area contributed by atoms with Gasteiger partial charge in [-0.05, 0) is 30.3 Å². The molecule has 2 aromatic heterocycles. The maximum atomic E-state index is 12.4. The number of hydrogen-bond acceptors (Lipinski definition) is 7. The molecular formula is C21H16ClN5O4. The van der Waals surface area contributed by atoms with Gasteiger partial charge in [-0.25, -0.2) is 4.68 Å². The van der Waals surface area contributed by atoms with Crippen molar-refractivity contribution < 1.29 is 14.1 Å². The Balaban J connectivity index is 1.55. The van der Waals surface area contributed by atoms with Gasteiger partial charge in [-0.2, -0.15) is 10.1 Å². The van der Waals surface area contributed by atoms with Crippen molar-refractivity contribution in [1.29, 1.82) is 0 Å². The number of rotatable bonds is 6. The summed E-state index contributed by atoms with van der Waals surface area (Å²) >= 11 is 6.00. The Labute approximate surface area is 181 Å². The van der Waals surface area contributed by atoms with Gasteiger partial charge in [0.2, 0.25) is 11.7 Å². The summed E-state index contributed by atoms with van der Waals surface area (Å²) in [6, 6.07) is 16.7. The zero-order valence-electron chi connectivity index (χ0n) is 16.3. The molecule has 2 heterocycles. The van der Waals surface area contributed by atoms with Gasteiger partial charge in [0.15, 0.2) is 0 Å². The van der Waals surface area contributed by atoms with Gasteiger partial charge in [0.1, 0.15) is 18.0 Å². The molecular weight excluding hydrogens is 422 g/mol. The van der Waals surface area contributed by atoms with Gasteiger partial charge in [-0.1, -0.05) is 41.0 Å². The summed E-state index contributed by atoms with van der Waals surface area (Å²) in [5.74, 6) is 0.491. The predicted molar refractivity (Wildman–Crippen MR) is 114 cm³/mol. The van der Waals surface area contributed by atoms with Crippen LogP contribution >= 0.6 is 11.6 Å². The SMILES string of the molecule is COc1ccccc1NC(=O)Cn1nc(-c2nc(-c3cccc(Cl)c3)no2)ccc1=O. The average molecular weight is 438 g/mol. The molecule has 156 valence electrons. The van der Waals surface area contributed by atoms with E-state index in [-0.39, 0.29) is 18.1 Å². The van der Waals surface area contributed by atoms with E-state index in [9.17, 15) is 9.59 Å². The van der Waals surface area contributed by atoms with E-state index in [4.69, 9.17) is 20.9 Å². The van der Waals surface area contributed by atoms with E-state index >= 15 is 0 Å². The lowest BCUT2D eigenvalue weighted by molar-refractivity contribution is -0.117. The highest BCUT2D eigenvalue weighted by Crippen LogP contribution is 2.24. The number of amides is 1. The second-order valence-corrected chi connectivity index (χ2v) is 6.83. The number of hydrogen-bond donors (Lipinski definition) is 1. The van der Waals surface area contributed by atoms with E-state index in [2.05, 4.69) is 20.6 Å². The monoisotopic (exact) mass is 437 g/mol. The van der Waals surface area contributed by atoms with Crippen molar-refractivity contribution in [3.8, 4) is 28.7 Å². The highest BCUT2D eigenvalue weighted by atomic mass is 35.5. The van der Waals surface area contributed by atoms with Gasteiger partial charge in [0, 0.05) is 16.7 Å². The molecule has 0 atom stereocenters. The number of benzene rings is 2. The van der Waals surface area contributed by atoms with Crippen LogP contribution in [0.15, 0.2) is 70.0 Å². The van der Waals surface area contributed by atoms with E-state index in [1.165, 1.54) is 19.2 Å². The second-order valence-electron chi connectivity index (χ2n) is 6.40. The Hall–Kier alpha value is -3.98. The van der Waals surface area contributed by atoms with Crippen molar-refractivity contribution in [3.05, 3.63) is 76.0 Å². The Morgan fingerprint density at radius 2 is 2.00 bits per heavy atom. The minimum absolute atomic E-state index is 0.105. The molecule has 1 amide bonds. The first-order valence-electron chi connectivity index (χ1n) is 9.14. The van der Waals surface area contributed by atoms with Crippen LogP contribution in [0.5, 0.6) is 5.75 Å². The van der Waals surface area contributed by atoms with E-state index in [0.717, 1.165) is 4.68 Å². The summed E-state index contributed by atoms with van der Waals surface area (Å²) in [5, 5.41) is 11.3. The third-order valence-electron chi connectivity index (χ3n) is 4.27. The number of carbonyl (C=O) groups excluding carboxylic acids is 1. The van der Waals surface area contributed by atoms with Gasteiger partial charge in [0.25, 0.3) is 11.4 Å². The Kier molecular flexibility index (Phi) is 5.76. The van der Waals surface area contributed by atoms with Crippen molar-refractivity contribution >= 4 is 23.2 Å². The molecule has 0 fully saturated rings. The molecule has 4 aromatic rings. The molecule has 10 heteroatoms. The minimum atomic E-state index is -0.450. The third kappa shape index (κ3) is 4.62. The molecule has 0 aliphatic carbocycles. The molecule has 9 nitrogen and oxygen atoms in total. The highest BCUT2D eigenvalue weighted by Gasteiger charge is 2.15. The summed E-state index contributed by atoms with van der Waals surface area (Å²) in [7, 11) is 1.50. The Morgan fingerprint density at radius 1 is 1.16 bits per heavy atom. The standard InChI is InChI=1S/C21H16ClN5O4/c1-30-17-8-3-2-7-15(17)23-18(28)12-27-19(29)10-9-16(25-27)21-24-20(26-31-21)13-5-4-6-14(22)11-13/h2-11H,12H2,1H3,(H,23,28). The number of nitrogens with zero attached hydrogens (tertiary/aromatic N) is 4. The van der Waals surface area contributed by atoms with Crippen LogP contribution in [0.25, 0.3) is 23.0 Å². The fourth-order valence-electron chi connectivity index (χ4n) is 2.82. The Bertz CT molecular complexity index is 1300. The van der Waals surface area contributed by atoms with E-state index < -0.39 is 11.5 Å². The van der Waals surface area contributed by atoms with Gasteiger partial charge in [-0.15, -0.1) is 0 Å². The topological polar surface area (TPSA) is 112 Å². The van der Waals surface area contributed by atoms with Crippen LogP contribution in [-0.4, -0.2) is 32.9 Å². The first kappa shape index (κ1) is 20.3. The van der Waals surface area contributed by atoms with Crippen molar-refractivity contribution in [2.24, 2.45) is 0 Å². The van der Waals surface area contributed by atoms with Crippen LogP contribution < -0.4 is 15.6 Å². The Morgan fingerprint density at radius 3 is 2.81 bits per heavy atom. The normalized spacial score (nSPS) is 10.6. The number of carbonyl (C=O) groups is 1. The maximum Gasteiger partial charge on any atom is 0.278 e. The number of aromatic nitrogens is 4. The average Bonchev–Trinajstić information content (AvgIpc) is 3.26. The lowest BCUT2D eigenvalue weighted by Crippen LogP contribution is -2.29. The molecule has 31 heavy (non-hydrogen) atoms. The van der Waals surface area contributed by atoms with Gasteiger partial charge >= 0.3 is 0 Å². The summed E-state index contributed by atoms with van der Waals surface area (Å²) < 4.78 is 11.5. The number of methoxy groups -OCH3 is 1. The minimum Gasteiger partial charge on any atom is -0.495 e. The molecule has 0 bridgehead atoms. The first-order valence-corrected chi connectivity index (χ1v) is 9.52. The number of para-hydroxylation sites is 2. The first-order chi connectivity index (χ1) is 15.0. The lowest BCUT2D eigenvalue weighted by Gasteiger charge is -2.10. The number of anilines is 1. The smallest absolute Gasteiger partial charge is 0.278 e. The van der Waals surface area contributed by atoms with Crippen molar-refractivity contribution in [3.63, 3.8) is 0 Å². The maximum absolute atomic E-state index is 12.4. The zero-order valence-corrected chi connectivity index (χ0v) is 17.0. The summed E-state index contributed by atoms with van der Waals surface area (Å²) in [5.41, 5.74) is 0.966. The number of nitrogens with one attached hydrogen (secondary N) is 1. The van der Waals surface area contributed by atoms with Crippen LogP contribution in [0.4, 0.5) is 5.69 Å². The molecule has 0 radical (unpaired) electrons. The largest absolute Gasteiger partial charge is 0.495 e. The van der Waals surface area contributed by atoms with Crippen molar-refractivity contribution in [1.82, 2.24) is 19.9 Å². The molecule has 1 N–H and O–H groups in total. The van der Waals surface area contributed by atoms with Gasteiger partial charge < -0.3 is 14.6 Å². The van der Waals surface area contributed by atoms with E-state index in [0.29, 0.717) is 27.8 Å². The summed E-state index contributed by atoms with van der Waals surface area (Å²) in [6.07, 6.45) is 0. The van der Waals surface area contributed by atoms with Crippen LogP contribution in [0.2, 0.25) is 5.02 Å². The third-order valence-corrected chi connectivity index (χ3v) is 4.50. The van der Waals surface area contributed by atoms with Crippen LogP contribution in [0.1, 0.15) is 0 Å². The molecule has 0 saturated carbocycles. The predicted octanol–water partition coefficient (Wildman–Crippen LogP) is 3.26. The quantitative estimate of drug-likeness (QED) is 0.492. The molecule has 0 aliphatic heterocycles. The molecule has 0 spiro atoms. The van der Waals surface area contributed by atoms with Crippen LogP contribution in [0, 0.1) is 0 Å². The van der Waals surface area contributed by atoms with Gasteiger partial charge in [0.05, 0.1) is 12.8 Å². The molecule has 0 aliphatic rings. The summed E-state index contributed by atoms with van der Waals surface area (Å²) in [4.78, 5) is 28.9. The summed E-state index contributed by atoms with van der Waals surface area (Å²) in [6.45, 7) is -0.306. The van der Waals surface area contributed by atoms with E-state index in [1.54, 1.807) is 48.5 Å². The fourth-order valence-corrected chi connectivity index (χ4v) is 3.01.